The van der Waals surface area contributed by atoms with Gasteiger partial charge in [0.15, 0.2) is 0 Å². The van der Waals surface area contributed by atoms with Crippen LogP contribution >= 0.6 is 37.2 Å². The first-order chi connectivity index (χ1) is 8.85. The van der Waals surface area contributed by atoms with Crippen molar-refractivity contribution in [2.75, 3.05) is 19.6 Å². The summed E-state index contributed by atoms with van der Waals surface area (Å²) >= 11 is 0. The maximum Gasteiger partial charge on any atom is 0 e. The van der Waals surface area contributed by atoms with Crippen molar-refractivity contribution in [1.82, 2.24) is 4.90 Å². The fourth-order valence-corrected chi connectivity index (χ4v) is 2.44. The summed E-state index contributed by atoms with van der Waals surface area (Å²) in [5.74, 6) is 0. The molecule has 0 unspecified atom stereocenters. The fourth-order valence-electron chi connectivity index (χ4n) is 2.44. The molecule has 1 aliphatic rings. The van der Waals surface area contributed by atoms with Gasteiger partial charge in [0.05, 0.1) is 0 Å². The van der Waals surface area contributed by atoms with Crippen LogP contribution in [0.4, 0.5) is 0 Å². The Balaban J connectivity index is -0.000000902. The van der Waals surface area contributed by atoms with Crippen LogP contribution in [0.2, 0.25) is 0 Å². The van der Waals surface area contributed by atoms with Crippen LogP contribution < -0.4 is 0 Å². The molecule has 0 fully saturated rings. The van der Waals surface area contributed by atoms with Crippen LogP contribution in [0, 0.1) is 6.08 Å². The largest absolute Gasteiger partial charge is 0.304 e. The molecule has 5 heteroatoms. The van der Waals surface area contributed by atoms with Gasteiger partial charge < -0.3 is 4.90 Å². The molecule has 0 aliphatic heterocycles. The third-order valence-electron chi connectivity index (χ3n) is 3.60. The first kappa shape index (κ1) is 27.1. The van der Waals surface area contributed by atoms with Gasteiger partial charge in [0.25, 0.3) is 0 Å². The average molecular weight is 398 g/mol. The molecule has 124 valence electrons. The smallest absolute Gasteiger partial charge is 0 e. The monoisotopic (exact) mass is 396 g/mol. The Kier molecular flexibility index (Phi) is 18.3. The predicted octanol–water partition coefficient (Wildman–Crippen LogP) is 5.20. The minimum atomic E-state index is 0. The third-order valence-corrected chi connectivity index (χ3v) is 3.60. The predicted molar refractivity (Wildman–Crippen MR) is 99.9 cm³/mol. The molecule has 0 amide bonds. The van der Waals surface area contributed by atoms with Gasteiger partial charge in [-0.1, -0.05) is 44.2 Å². The molecule has 2 rings (SSSR count). The van der Waals surface area contributed by atoms with Gasteiger partial charge in [-0.25, -0.2) is 5.57 Å². The van der Waals surface area contributed by atoms with Gasteiger partial charge in [-0.15, -0.1) is 49.2 Å². The number of hydrogen-bond acceptors (Lipinski definition) is 1. The standard InChI is InChI=1S/C17H22N.3ClH.Ti/c1-3-18(4-2)14-13-16-11-8-12-17(16)15-9-6-5-7-10-15;;;;/h5-7,9-10,12H,3-4,8,13-14H2,1-2H3;3*1H;/q-1;;;;. The van der Waals surface area contributed by atoms with Gasteiger partial charge in [0.1, 0.15) is 0 Å². The summed E-state index contributed by atoms with van der Waals surface area (Å²) in [5.41, 5.74) is 4.12. The summed E-state index contributed by atoms with van der Waals surface area (Å²) in [6.45, 7) is 7.86. The molecule has 1 aromatic carbocycles. The summed E-state index contributed by atoms with van der Waals surface area (Å²) in [7, 11) is 0. The Morgan fingerprint density at radius 3 is 2.14 bits per heavy atom. The molecule has 0 radical (unpaired) electrons. The Hall–Kier alpha value is 0.244. The van der Waals surface area contributed by atoms with E-state index in [2.05, 4.69) is 61.2 Å². The van der Waals surface area contributed by atoms with Crippen LogP contribution in [0.15, 0.2) is 42.0 Å². The zero-order valence-electron chi connectivity index (χ0n) is 13.2. The second-order valence-electron chi connectivity index (χ2n) is 4.62. The number of benzene rings is 1. The van der Waals surface area contributed by atoms with E-state index in [9.17, 15) is 0 Å². The third kappa shape index (κ3) is 7.68. The van der Waals surface area contributed by atoms with Crippen LogP contribution in [0.5, 0.6) is 0 Å². The van der Waals surface area contributed by atoms with Crippen LogP contribution in [-0.2, 0) is 21.7 Å². The number of allylic oxidation sites excluding steroid dienone is 3. The van der Waals surface area contributed by atoms with Crippen LogP contribution in [-0.4, -0.2) is 24.5 Å². The maximum absolute atomic E-state index is 3.51. The normalized spacial score (nSPS) is 12.1. The van der Waals surface area contributed by atoms with Crippen molar-refractivity contribution < 1.29 is 21.7 Å². The van der Waals surface area contributed by atoms with E-state index in [1.54, 1.807) is 0 Å². The summed E-state index contributed by atoms with van der Waals surface area (Å²) in [6.07, 6.45) is 7.89. The van der Waals surface area contributed by atoms with Crippen molar-refractivity contribution in [3.8, 4) is 0 Å². The minimum Gasteiger partial charge on any atom is -0.304 e. The molecule has 0 saturated heterocycles. The maximum atomic E-state index is 3.51. The van der Waals surface area contributed by atoms with E-state index in [1.165, 1.54) is 16.7 Å². The molecule has 0 atom stereocenters. The van der Waals surface area contributed by atoms with Gasteiger partial charge in [-0.05, 0) is 26.1 Å². The second kappa shape index (κ2) is 14.8. The second-order valence-corrected chi connectivity index (χ2v) is 4.62. The molecule has 0 saturated carbocycles. The SMILES string of the molecule is CCN(CC)CCC1=[C-]CC=C1c1ccccc1.Cl.Cl.Cl.[Ti]. The van der Waals surface area contributed by atoms with E-state index in [0.717, 1.165) is 32.5 Å². The van der Waals surface area contributed by atoms with Crippen molar-refractivity contribution in [3.05, 3.63) is 53.6 Å². The average Bonchev–Trinajstić information content (AvgIpc) is 2.89. The van der Waals surface area contributed by atoms with E-state index in [4.69, 9.17) is 0 Å². The van der Waals surface area contributed by atoms with Gasteiger partial charge in [-0.3, -0.25) is 6.08 Å². The quantitative estimate of drug-likeness (QED) is 0.471. The summed E-state index contributed by atoms with van der Waals surface area (Å²) < 4.78 is 0. The molecule has 0 N–H and O–H groups in total. The molecule has 1 aromatic rings. The first-order valence-electron chi connectivity index (χ1n) is 6.93. The van der Waals surface area contributed by atoms with Crippen LogP contribution in [0.25, 0.3) is 5.57 Å². The van der Waals surface area contributed by atoms with E-state index in [0.29, 0.717) is 0 Å². The molecule has 1 aliphatic carbocycles. The van der Waals surface area contributed by atoms with Crippen molar-refractivity contribution in [1.29, 1.82) is 0 Å². The van der Waals surface area contributed by atoms with Crippen LogP contribution in [0.3, 0.4) is 0 Å². The van der Waals surface area contributed by atoms with Gasteiger partial charge in [0, 0.05) is 21.7 Å². The first-order valence-corrected chi connectivity index (χ1v) is 6.93. The molecule has 0 spiro atoms. The van der Waals surface area contributed by atoms with E-state index < -0.39 is 0 Å². The van der Waals surface area contributed by atoms with Crippen LogP contribution in [0.1, 0.15) is 32.3 Å². The molecular formula is C17H25Cl3NTi-. The Morgan fingerprint density at radius 2 is 1.59 bits per heavy atom. The van der Waals surface area contributed by atoms with E-state index in [-0.39, 0.29) is 58.9 Å². The Labute approximate surface area is 168 Å². The molecular weight excluding hydrogens is 372 g/mol. The Bertz CT molecular complexity index is 442. The Morgan fingerprint density at radius 1 is 1.00 bits per heavy atom. The molecule has 22 heavy (non-hydrogen) atoms. The molecule has 0 heterocycles. The van der Waals surface area contributed by atoms with Crippen molar-refractivity contribution >= 4 is 42.8 Å². The molecule has 0 aromatic heterocycles. The zero-order valence-corrected chi connectivity index (χ0v) is 17.2. The summed E-state index contributed by atoms with van der Waals surface area (Å²) in [5, 5.41) is 0. The van der Waals surface area contributed by atoms with Crippen molar-refractivity contribution in [3.63, 3.8) is 0 Å². The molecule has 0 bridgehead atoms. The summed E-state index contributed by atoms with van der Waals surface area (Å²) in [6, 6.07) is 10.7. The van der Waals surface area contributed by atoms with Gasteiger partial charge in [0.2, 0.25) is 0 Å². The van der Waals surface area contributed by atoms with Crippen molar-refractivity contribution in [2.24, 2.45) is 0 Å². The zero-order chi connectivity index (χ0) is 12.8. The minimum absolute atomic E-state index is 0. The molecule has 1 nitrogen and oxygen atoms in total. The number of hydrogen-bond donors (Lipinski definition) is 0. The van der Waals surface area contributed by atoms with Gasteiger partial charge in [-0.2, -0.15) is 11.6 Å². The van der Waals surface area contributed by atoms with E-state index >= 15 is 0 Å². The van der Waals surface area contributed by atoms with Gasteiger partial charge >= 0.3 is 0 Å². The topological polar surface area (TPSA) is 3.24 Å². The fraction of sp³-hybridized carbons (Fsp3) is 0.412. The number of rotatable bonds is 6. The summed E-state index contributed by atoms with van der Waals surface area (Å²) in [4.78, 5) is 2.47. The van der Waals surface area contributed by atoms with Crippen molar-refractivity contribution in [2.45, 2.75) is 26.7 Å². The number of halogens is 3. The van der Waals surface area contributed by atoms with E-state index in [1.807, 2.05) is 0 Å². The number of nitrogens with zero attached hydrogens (tertiary/aromatic N) is 1.